The van der Waals surface area contributed by atoms with Gasteiger partial charge in [-0.05, 0) is 19.3 Å². The summed E-state index contributed by atoms with van der Waals surface area (Å²) >= 11 is 0. The van der Waals surface area contributed by atoms with Gasteiger partial charge in [0, 0.05) is 20.1 Å². The summed E-state index contributed by atoms with van der Waals surface area (Å²) in [6, 6.07) is 0. The fourth-order valence-corrected chi connectivity index (χ4v) is 4.52. The molecule has 0 aromatic heterocycles. The van der Waals surface area contributed by atoms with Crippen molar-refractivity contribution in [3.8, 4) is 0 Å². The van der Waals surface area contributed by atoms with E-state index < -0.39 is 25.3 Å². The number of carbonyl (C=O) groups excluding carboxylic acids is 1. The van der Waals surface area contributed by atoms with Crippen LogP contribution in [0.4, 0.5) is 0 Å². The third-order valence-corrected chi connectivity index (χ3v) is 7.78. The van der Waals surface area contributed by atoms with Crippen molar-refractivity contribution < 1.29 is 28.3 Å². The number of unbranched alkanes of at least 4 members (excludes halogenated alkanes) is 11. The average Bonchev–Trinajstić information content (AvgIpc) is 2.77. The highest BCUT2D eigenvalue weighted by Gasteiger charge is 2.29. The molecule has 0 bridgehead atoms. The van der Waals surface area contributed by atoms with E-state index in [-0.39, 0.29) is 19.8 Å². The van der Waals surface area contributed by atoms with Gasteiger partial charge in [0.15, 0.2) is 0 Å². The number of ether oxygens (including phenoxy) is 2. The fourth-order valence-electron chi connectivity index (χ4n) is 3.62. The predicted octanol–water partition coefficient (Wildman–Crippen LogP) is 6.21. The van der Waals surface area contributed by atoms with E-state index in [1.807, 2.05) is 0 Å². The zero-order chi connectivity index (χ0) is 25.0. The van der Waals surface area contributed by atoms with Crippen molar-refractivity contribution in [2.75, 3.05) is 26.4 Å². The van der Waals surface area contributed by atoms with E-state index in [1.54, 1.807) is 6.92 Å². The molecule has 0 radical (unpaired) electrons. The quantitative estimate of drug-likeness (QED) is 0.0989. The molecule has 0 heterocycles. The topological polar surface area (TPSA) is 108 Å². The maximum Gasteiger partial charge on any atom is 0.332 e. The summed E-state index contributed by atoms with van der Waals surface area (Å²) in [6.45, 7) is 7.81. The van der Waals surface area contributed by atoms with Crippen LogP contribution in [-0.4, -0.2) is 49.0 Å². The molecule has 0 rings (SSSR count). The molecule has 0 saturated heterocycles. The number of carbonyl (C=O) groups is 1. The van der Waals surface area contributed by atoms with E-state index in [9.17, 15) is 14.3 Å². The van der Waals surface area contributed by atoms with Gasteiger partial charge in [-0.25, -0.2) is 0 Å². The molecule has 198 valence electrons. The molecule has 3 N–H and O–H groups in total. The van der Waals surface area contributed by atoms with Gasteiger partial charge in [0.2, 0.25) is 0 Å². The standard InChI is InChI=1S/C25H52NO6P/c1-5-6-7-8-9-10-11-12-13-14-15-16-17-22(2)19-30-20-25(32-24(4)27)21-31-33(28,29)23(3)18-26/h22-23,25H,5-21,26H2,1-4H3,(H,28,29). The largest absolute Gasteiger partial charge is 0.458 e. The second-order valence-corrected chi connectivity index (χ2v) is 11.8. The van der Waals surface area contributed by atoms with E-state index in [4.69, 9.17) is 19.7 Å². The second kappa shape index (κ2) is 20.9. The van der Waals surface area contributed by atoms with Gasteiger partial charge in [-0.3, -0.25) is 9.36 Å². The van der Waals surface area contributed by atoms with Crippen LogP contribution in [0.2, 0.25) is 0 Å². The van der Waals surface area contributed by atoms with Crippen molar-refractivity contribution in [2.24, 2.45) is 11.7 Å². The first-order valence-corrected chi connectivity index (χ1v) is 14.8. The third kappa shape index (κ3) is 19.5. The van der Waals surface area contributed by atoms with Crippen molar-refractivity contribution in [3.05, 3.63) is 0 Å². The highest BCUT2D eigenvalue weighted by molar-refractivity contribution is 7.53. The normalized spacial score (nSPS) is 16.2. The number of hydrogen-bond donors (Lipinski definition) is 2. The summed E-state index contributed by atoms with van der Waals surface area (Å²) in [5.74, 6) is -0.0652. The molecule has 0 amide bonds. The fraction of sp³-hybridized carbons (Fsp3) is 0.960. The van der Waals surface area contributed by atoms with Crippen LogP contribution in [0.25, 0.3) is 0 Å². The molecule has 4 atom stereocenters. The molecule has 0 aliphatic carbocycles. The predicted molar refractivity (Wildman–Crippen MR) is 136 cm³/mol. The monoisotopic (exact) mass is 493 g/mol. The lowest BCUT2D eigenvalue weighted by molar-refractivity contribution is -0.151. The summed E-state index contributed by atoms with van der Waals surface area (Å²) in [6.07, 6.45) is 16.5. The zero-order valence-electron chi connectivity index (χ0n) is 21.8. The Kier molecular flexibility index (Phi) is 20.6. The Bertz CT molecular complexity index is 519. The van der Waals surface area contributed by atoms with Gasteiger partial charge in [-0.2, -0.15) is 0 Å². The van der Waals surface area contributed by atoms with Crippen molar-refractivity contribution in [3.63, 3.8) is 0 Å². The summed E-state index contributed by atoms with van der Waals surface area (Å²) in [5.41, 5.74) is 4.77. The van der Waals surface area contributed by atoms with E-state index in [2.05, 4.69) is 13.8 Å². The molecule has 33 heavy (non-hydrogen) atoms. The molecule has 8 heteroatoms. The first-order valence-electron chi connectivity index (χ1n) is 13.1. The van der Waals surface area contributed by atoms with Crippen molar-refractivity contribution in [1.82, 2.24) is 0 Å². The Morgan fingerprint density at radius 1 is 0.879 bits per heavy atom. The van der Waals surface area contributed by atoms with Crippen LogP contribution in [0.3, 0.4) is 0 Å². The molecule has 0 aliphatic rings. The lowest BCUT2D eigenvalue weighted by Gasteiger charge is -2.22. The van der Waals surface area contributed by atoms with Gasteiger partial charge in [-0.15, -0.1) is 0 Å². The molecule has 0 spiro atoms. The van der Waals surface area contributed by atoms with Gasteiger partial charge < -0.3 is 24.6 Å². The number of esters is 1. The average molecular weight is 494 g/mol. The molecular weight excluding hydrogens is 441 g/mol. The van der Waals surface area contributed by atoms with Crippen molar-refractivity contribution >= 4 is 13.6 Å². The highest BCUT2D eigenvalue weighted by atomic mass is 31.2. The Morgan fingerprint density at radius 3 is 1.88 bits per heavy atom. The van der Waals surface area contributed by atoms with Gasteiger partial charge in [0.25, 0.3) is 0 Å². The molecule has 0 aromatic carbocycles. The van der Waals surface area contributed by atoms with E-state index in [1.165, 1.54) is 84.0 Å². The minimum absolute atomic E-state index is 0.0408. The lowest BCUT2D eigenvalue weighted by Crippen LogP contribution is -2.29. The van der Waals surface area contributed by atoms with Gasteiger partial charge in [0.1, 0.15) is 6.10 Å². The Morgan fingerprint density at radius 2 is 1.39 bits per heavy atom. The summed E-state index contributed by atoms with van der Waals surface area (Å²) in [5, 5.41) is 0. The molecule has 0 saturated carbocycles. The van der Waals surface area contributed by atoms with Crippen LogP contribution in [0.1, 0.15) is 111 Å². The number of nitrogens with two attached hydrogens (primary N) is 1. The summed E-state index contributed by atoms with van der Waals surface area (Å²) in [7, 11) is -3.84. The Balaban J connectivity index is 3.84. The first-order chi connectivity index (χ1) is 15.7. The SMILES string of the molecule is CCCCCCCCCCCCCCC(C)COCC(COP(=O)(O)C(C)CN)OC(C)=O. The van der Waals surface area contributed by atoms with Crippen LogP contribution in [-0.2, 0) is 23.4 Å². The Hall–Kier alpha value is -0.460. The van der Waals surface area contributed by atoms with E-state index in [0.717, 1.165) is 6.42 Å². The van der Waals surface area contributed by atoms with Crippen molar-refractivity contribution in [1.29, 1.82) is 0 Å². The van der Waals surface area contributed by atoms with Crippen molar-refractivity contribution in [2.45, 2.75) is 123 Å². The van der Waals surface area contributed by atoms with E-state index in [0.29, 0.717) is 12.5 Å². The maximum atomic E-state index is 12.1. The maximum absolute atomic E-state index is 12.1. The molecule has 0 aliphatic heterocycles. The second-order valence-electron chi connectivity index (χ2n) is 9.50. The molecule has 4 unspecified atom stereocenters. The van der Waals surface area contributed by atoms with Gasteiger partial charge in [0.05, 0.1) is 18.9 Å². The summed E-state index contributed by atoms with van der Waals surface area (Å²) in [4.78, 5) is 21.2. The van der Waals surface area contributed by atoms with Gasteiger partial charge >= 0.3 is 13.6 Å². The molecule has 7 nitrogen and oxygen atoms in total. The molecule has 0 fully saturated rings. The van der Waals surface area contributed by atoms with Gasteiger partial charge in [-0.1, -0.05) is 90.9 Å². The minimum atomic E-state index is -3.84. The molecule has 0 aromatic rings. The highest BCUT2D eigenvalue weighted by Crippen LogP contribution is 2.46. The third-order valence-electron chi connectivity index (χ3n) is 5.93. The van der Waals surface area contributed by atoms with Crippen LogP contribution in [0.5, 0.6) is 0 Å². The van der Waals surface area contributed by atoms with Crippen LogP contribution in [0.15, 0.2) is 0 Å². The van der Waals surface area contributed by atoms with Crippen LogP contribution >= 0.6 is 7.60 Å². The van der Waals surface area contributed by atoms with Crippen LogP contribution in [0, 0.1) is 5.92 Å². The zero-order valence-corrected chi connectivity index (χ0v) is 22.7. The summed E-state index contributed by atoms with van der Waals surface area (Å²) < 4.78 is 28.1. The smallest absolute Gasteiger partial charge is 0.332 e. The molecular formula is C25H52NO6P. The van der Waals surface area contributed by atoms with Crippen LogP contribution < -0.4 is 5.73 Å². The lowest BCUT2D eigenvalue weighted by atomic mass is 10.0. The number of hydrogen-bond acceptors (Lipinski definition) is 6. The first kappa shape index (κ1) is 32.5. The minimum Gasteiger partial charge on any atom is -0.458 e. The van der Waals surface area contributed by atoms with E-state index >= 15 is 0 Å². The number of rotatable bonds is 23. The Labute approximate surface area is 203 Å².